The standard InChI is InChI=1S/C29H49N5O7S/c1-28(2,3)41-27(38)30-22-16-11-6-4-5-8-13-20-19-29(20,31-24(35)23-17-12-18-34(23)25(22)36)26(37)33-42(39,40)32-21-14-9-7-10-15-21/h20-23,32H,4-19H2,1-3H3,(H,30,38)(H,31,35)(H,33,37). The second kappa shape index (κ2) is 13.5. The average molecular weight is 612 g/mol. The van der Waals surface area contributed by atoms with Gasteiger partial charge in [0, 0.05) is 12.6 Å². The van der Waals surface area contributed by atoms with Gasteiger partial charge in [0.2, 0.25) is 11.8 Å². The Balaban J connectivity index is 1.49. The van der Waals surface area contributed by atoms with E-state index in [1.54, 1.807) is 20.8 Å². The van der Waals surface area contributed by atoms with E-state index in [0.717, 1.165) is 64.2 Å². The predicted molar refractivity (Wildman–Crippen MR) is 156 cm³/mol. The predicted octanol–water partition coefficient (Wildman–Crippen LogP) is 2.77. The SMILES string of the molecule is CC(C)(C)OC(=O)NC1CCCCCCCC2CC2(C(=O)NS(=O)(=O)NC2CCCCC2)NC(=O)C2CCCN2C1=O. The van der Waals surface area contributed by atoms with Crippen LogP contribution in [0.2, 0.25) is 0 Å². The van der Waals surface area contributed by atoms with Crippen molar-refractivity contribution in [1.82, 2.24) is 25.0 Å². The Morgan fingerprint density at radius 1 is 0.905 bits per heavy atom. The minimum atomic E-state index is -4.10. The average Bonchev–Trinajstić information content (AvgIpc) is 3.35. The highest BCUT2D eigenvalue weighted by atomic mass is 32.2. The van der Waals surface area contributed by atoms with E-state index in [2.05, 4.69) is 20.1 Å². The van der Waals surface area contributed by atoms with Crippen molar-refractivity contribution < 1.29 is 32.3 Å². The summed E-state index contributed by atoms with van der Waals surface area (Å²) in [6.45, 7) is 5.60. The summed E-state index contributed by atoms with van der Waals surface area (Å²) in [5, 5.41) is 5.62. The van der Waals surface area contributed by atoms with Crippen LogP contribution in [0.3, 0.4) is 0 Å². The summed E-state index contributed by atoms with van der Waals surface area (Å²) in [7, 11) is -4.10. The first-order valence-corrected chi connectivity index (χ1v) is 17.2. The first kappa shape index (κ1) is 32.5. The van der Waals surface area contributed by atoms with Gasteiger partial charge >= 0.3 is 16.3 Å². The van der Waals surface area contributed by atoms with Crippen molar-refractivity contribution in [1.29, 1.82) is 0 Å². The van der Waals surface area contributed by atoms with Gasteiger partial charge in [-0.25, -0.2) is 9.52 Å². The van der Waals surface area contributed by atoms with Gasteiger partial charge in [0.25, 0.3) is 5.91 Å². The number of carbonyl (C=O) groups excluding carboxylic acids is 4. The van der Waals surface area contributed by atoms with Gasteiger partial charge in [-0.3, -0.25) is 14.4 Å². The van der Waals surface area contributed by atoms with E-state index in [-0.39, 0.29) is 17.9 Å². The first-order valence-electron chi connectivity index (χ1n) is 15.8. The molecule has 0 spiro atoms. The molecule has 13 heteroatoms. The second-order valence-corrected chi connectivity index (χ2v) is 14.9. The summed E-state index contributed by atoms with van der Waals surface area (Å²) in [6, 6.07) is -1.85. The molecule has 0 aromatic carbocycles. The van der Waals surface area contributed by atoms with Gasteiger partial charge in [-0.1, -0.05) is 51.4 Å². The van der Waals surface area contributed by atoms with Crippen LogP contribution in [0.1, 0.15) is 117 Å². The highest BCUT2D eigenvalue weighted by molar-refractivity contribution is 7.88. The van der Waals surface area contributed by atoms with E-state index in [1.807, 2.05) is 0 Å². The van der Waals surface area contributed by atoms with Crippen molar-refractivity contribution in [3.8, 4) is 0 Å². The maximum atomic E-state index is 13.7. The molecule has 4 unspecified atom stereocenters. The van der Waals surface area contributed by atoms with Crippen molar-refractivity contribution in [3.05, 3.63) is 0 Å². The van der Waals surface area contributed by atoms with Gasteiger partial charge in [-0.05, 0) is 71.6 Å². The lowest BCUT2D eigenvalue weighted by Gasteiger charge is -2.30. The Morgan fingerprint density at radius 2 is 1.52 bits per heavy atom. The minimum absolute atomic E-state index is 0.177. The van der Waals surface area contributed by atoms with E-state index >= 15 is 0 Å². The van der Waals surface area contributed by atoms with Gasteiger partial charge in [0.15, 0.2) is 0 Å². The summed E-state index contributed by atoms with van der Waals surface area (Å²) in [4.78, 5) is 54.9. The number of rotatable bonds is 5. The highest BCUT2D eigenvalue weighted by Crippen LogP contribution is 2.47. The monoisotopic (exact) mass is 611 g/mol. The molecule has 0 aromatic rings. The Hall–Kier alpha value is -2.41. The molecular formula is C29H49N5O7S. The zero-order chi connectivity index (χ0) is 30.5. The van der Waals surface area contributed by atoms with E-state index in [0.29, 0.717) is 38.6 Å². The van der Waals surface area contributed by atoms with Crippen molar-refractivity contribution >= 4 is 34.0 Å². The fraction of sp³-hybridized carbons (Fsp3) is 0.862. The van der Waals surface area contributed by atoms with Gasteiger partial charge in [-0.2, -0.15) is 13.1 Å². The summed E-state index contributed by atoms with van der Waals surface area (Å²) < 4.78 is 36.0. The Morgan fingerprint density at radius 3 is 2.21 bits per heavy atom. The number of nitrogens with zero attached hydrogens (tertiary/aromatic N) is 1. The molecular weight excluding hydrogens is 562 g/mol. The van der Waals surface area contributed by atoms with Crippen LogP contribution in [0, 0.1) is 5.92 Å². The zero-order valence-corrected chi connectivity index (χ0v) is 26.2. The molecule has 12 nitrogen and oxygen atoms in total. The lowest BCUT2D eigenvalue weighted by atomic mass is 9.96. The maximum Gasteiger partial charge on any atom is 0.408 e. The molecule has 0 radical (unpaired) electrons. The van der Waals surface area contributed by atoms with Crippen LogP contribution in [0.15, 0.2) is 0 Å². The molecule has 0 aromatic heterocycles. The van der Waals surface area contributed by atoms with Crippen LogP contribution < -0.4 is 20.1 Å². The number of fused-ring (bicyclic) bond motifs is 2. The fourth-order valence-corrected chi connectivity index (χ4v) is 7.79. The van der Waals surface area contributed by atoms with Gasteiger partial charge < -0.3 is 20.3 Å². The van der Waals surface area contributed by atoms with E-state index in [1.165, 1.54) is 4.90 Å². The molecule has 2 heterocycles. The normalized spacial score (nSPS) is 30.2. The molecule has 2 aliphatic heterocycles. The number of nitrogens with one attached hydrogen (secondary N) is 4. The van der Waals surface area contributed by atoms with Crippen LogP contribution in [0.5, 0.6) is 0 Å². The summed E-state index contributed by atoms with van der Waals surface area (Å²) in [5.41, 5.74) is -2.05. The van der Waals surface area contributed by atoms with E-state index in [4.69, 9.17) is 4.74 Å². The van der Waals surface area contributed by atoms with Crippen molar-refractivity contribution in [3.63, 3.8) is 0 Å². The van der Waals surface area contributed by atoms with Crippen LogP contribution >= 0.6 is 0 Å². The Bertz CT molecular complexity index is 1120. The van der Waals surface area contributed by atoms with Crippen LogP contribution in [-0.4, -0.2) is 72.9 Å². The summed E-state index contributed by atoms with van der Waals surface area (Å²) in [6.07, 6.45) is 10.5. The molecule has 4 N–H and O–H groups in total. The molecule has 4 amide bonds. The van der Waals surface area contributed by atoms with E-state index < -0.39 is 51.3 Å². The topological polar surface area (TPSA) is 163 Å². The van der Waals surface area contributed by atoms with Crippen molar-refractivity contribution in [2.24, 2.45) is 5.92 Å². The van der Waals surface area contributed by atoms with Gasteiger partial charge in [0.1, 0.15) is 23.2 Å². The highest BCUT2D eigenvalue weighted by Gasteiger charge is 2.62. The first-order chi connectivity index (χ1) is 19.8. The molecule has 4 rings (SSSR count). The third kappa shape index (κ3) is 8.58. The number of carbonyl (C=O) groups is 4. The van der Waals surface area contributed by atoms with Crippen LogP contribution in [0.25, 0.3) is 0 Å². The number of ether oxygens (including phenoxy) is 1. The molecule has 0 bridgehead atoms. The molecule has 2 saturated carbocycles. The fourth-order valence-electron chi connectivity index (χ4n) is 6.63. The molecule has 238 valence electrons. The van der Waals surface area contributed by atoms with Crippen molar-refractivity contribution in [2.75, 3.05) is 6.54 Å². The molecule has 4 atom stereocenters. The van der Waals surface area contributed by atoms with Gasteiger partial charge in [-0.15, -0.1) is 0 Å². The molecule has 42 heavy (non-hydrogen) atoms. The summed E-state index contributed by atoms with van der Waals surface area (Å²) in [5.74, 6) is -1.72. The molecule has 4 aliphatic rings. The van der Waals surface area contributed by atoms with Gasteiger partial charge in [0.05, 0.1) is 0 Å². The zero-order valence-electron chi connectivity index (χ0n) is 25.3. The maximum absolute atomic E-state index is 13.7. The Labute approximate surface area is 250 Å². The number of amides is 4. The largest absolute Gasteiger partial charge is 0.444 e. The molecule has 2 saturated heterocycles. The minimum Gasteiger partial charge on any atom is -0.444 e. The molecule has 4 fully saturated rings. The third-order valence-electron chi connectivity index (χ3n) is 8.88. The molecule has 2 aliphatic carbocycles. The summed E-state index contributed by atoms with van der Waals surface area (Å²) >= 11 is 0. The lowest BCUT2D eigenvalue weighted by Crippen LogP contribution is -2.59. The lowest BCUT2D eigenvalue weighted by molar-refractivity contribution is -0.141. The van der Waals surface area contributed by atoms with E-state index in [9.17, 15) is 27.6 Å². The quantitative estimate of drug-likeness (QED) is 0.371. The van der Waals surface area contributed by atoms with Crippen molar-refractivity contribution in [2.45, 2.75) is 146 Å². The third-order valence-corrected chi connectivity index (χ3v) is 9.98. The number of alkyl carbamates (subject to hydrolysis) is 1. The number of hydrogen-bond donors (Lipinski definition) is 4. The van der Waals surface area contributed by atoms with Crippen LogP contribution in [0.4, 0.5) is 4.79 Å². The smallest absolute Gasteiger partial charge is 0.408 e. The Kier molecular flexibility index (Phi) is 10.4. The van der Waals surface area contributed by atoms with Crippen LogP contribution in [-0.2, 0) is 29.3 Å². The second-order valence-electron chi connectivity index (χ2n) is 13.5. The number of hydrogen-bond acceptors (Lipinski definition) is 7.